The molecule has 0 spiro atoms. The van der Waals surface area contributed by atoms with E-state index in [1.165, 1.54) is 6.07 Å². The second-order valence-corrected chi connectivity index (χ2v) is 5.54. The highest BCUT2D eigenvalue weighted by Gasteiger charge is 2.14. The van der Waals surface area contributed by atoms with Crippen molar-refractivity contribution in [1.82, 2.24) is 20.2 Å². The van der Waals surface area contributed by atoms with Crippen molar-refractivity contribution < 1.29 is 4.39 Å². The Morgan fingerprint density at radius 2 is 1.95 bits per heavy atom. The number of rotatable bonds is 3. The summed E-state index contributed by atoms with van der Waals surface area (Å²) in [6, 6.07) is 14.0. The van der Waals surface area contributed by atoms with E-state index in [1.54, 1.807) is 16.8 Å². The molecule has 0 bridgehead atoms. The van der Waals surface area contributed by atoms with Gasteiger partial charge in [-0.05, 0) is 53.4 Å². The molecule has 0 saturated carbocycles. The van der Waals surface area contributed by atoms with E-state index in [4.69, 9.17) is 5.26 Å². The summed E-state index contributed by atoms with van der Waals surface area (Å²) >= 11 is 1.15. The van der Waals surface area contributed by atoms with Crippen molar-refractivity contribution in [1.29, 1.82) is 5.26 Å². The molecular formula is C15H10FN5S. The van der Waals surface area contributed by atoms with Crippen LogP contribution in [0.5, 0.6) is 0 Å². The van der Waals surface area contributed by atoms with E-state index in [0.717, 1.165) is 23.0 Å². The van der Waals surface area contributed by atoms with Gasteiger partial charge in [-0.3, -0.25) is 0 Å². The molecule has 0 fully saturated rings. The van der Waals surface area contributed by atoms with Gasteiger partial charge < -0.3 is 0 Å². The van der Waals surface area contributed by atoms with Crippen LogP contribution in [0.3, 0.4) is 0 Å². The first-order chi connectivity index (χ1) is 10.7. The smallest absolute Gasteiger partial charge is 0.206 e. The van der Waals surface area contributed by atoms with Gasteiger partial charge in [-0.15, -0.1) is 5.10 Å². The third kappa shape index (κ3) is 2.69. The normalized spacial score (nSPS) is 10.4. The van der Waals surface area contributed by atoms with Crippen LogP contribution in [0, 0.1) is 24.1 Å². The fourth-order valence-electron chi connectivity index (χ4n) is 1.89. The van der Waals surface area contributed by atoms with Crippen LogP contribution in [0.2, 0.25) is 0 Å². The predicted octanol–water partition coefficient (Wildman–Crippen LogP) is 3.13. The van der Waals surface area contributed by atoms with E-state index >= 15 is 0 Å². The first kappa shape index (κ1) is 14.2. The first-order valence-electron chi connectivity index (χ1n) is 6.41. The zero-order chi connectivity index (χ0) is 15.5. The molecule has 0 saturated heterocycles. The van der Waals surface area contributed by atoms with E-state index in [1.807, 2.05) is 37.3 Å². The minimum Gasteiger partial charge on any atom is -0.206 e. The highest BCUT2D eigenvalue weighted by molar-refractivity contribution is 7.99. The van der Waals surface area contributed by atoms with Gasteiger partial charge in [0.25, 0.3) is 0 Å². The SMILES string of the molecule is Cc1ccc(-n2nnnc2Sc2cccc(F)c2C#N)cc1. The van der Waals surface area contributed by atoms with Gasteiger partial charge in [-0.1, -0.05) is 23.8 Å². The maximum Gasteiger partial charge on any atom is 0.218 e. The van der Waals surface area contributed by atoms with Crippen molar-refractivity contribution in [2.45, 2.75) is 17.0 Å². The average Bonchev–Trinajstić information content (AvgIpc) is 2.96. The lowest BCUT2D eigenvalue weighted by atomic mass is 10.2. The first-order valence-corrected chi connectivity index (χ1v) is 7.22. The quantitative estimate of drug-likeness (QED) is 0.743. The van der Waals surface area contributed by atoms with Crippen LogP contribution < -0.4 is 0 Å². The van der Waals surface area contributed by atoms with Crippen LogP contribution in [-0.2, 0) is 0 Å². The number of benzene rings is 2. The molecule has 1 heterocycles. The number of tetrazole rings is 1. The van der Waals surface area contributed by atoms with Gasteiger partial charge >= 0.3 is 0 Å². The summed E-state index contributed by atoms with van der Waals surface area (Å²) in [6.07, 6.45) is 0. The summed E-state index contributed by atoms with van der Waals surface area (Å²) in [5.74, 6) is -0.554. The highest BCUT2D eigenvalue weighted by Crippen LogP contribution is 2.30. The molecule has 2 aromatic carbocycles. The minimum atomic E-state index is -0.554. The van der Waals surface area contributed by atoms with Crippen LogP contribution in [0.1, 0.15) is 11.1 Å². The zero-order valence-corrected chi connectivity index (χ0v) is 12.4. The Bertz CT molecular complexity index is 851. The van der Waals surface area contributed by atoms with E-state index in [-0.39, 0.29) is 5.56 Å². The molecule has 0 aliphatic rings. The topological polar surface area (TPSA) is 67.4 Å². The summed E-state index contributed by atoms with van der Waals surface area (Å²) in [5.41, 5.74) is 1.92. The van der Waals surface area contributed by atoms with Gasteiger partial charge in [-0.2, -0.15) is 9.94 Å². The molecule has 3 aromatic rings. The van der Waals surface area contributed by atoms with Gasteiger partial charge in [0.15, 0.2) is 0 Å². The minimum absolute atomic E-state index is 0.00837. The number of halogens is 1. The predicted molar refractivity (Wildman–Crippen MR) is 79.1 cm³/mol. The van der Waals surface area contributed by atoms with Crippen molar-refractivity contribution in [2.24, 2.45) is 0 Å². The fourth-order valence-corrected chi connectivity index (χ4v) is 2.78. The largest absolute Gasteiger partial charge is 0.218 e. The highest BCUT2D eigenvalue weighted by atomic mass is 32.2. The second kappa shape index (κ2) is 5.95. The zero-order valence-electron chi connectivity index (χ0n) is 11.6. The third-order valence-electron chi connectivity index (χ3n) is 3.01. The molecule has 3 rings (SSSR count). The van der Waals surface area contributed by atoms with Crippen LogP contribution >= 0.6 is 11.8 Å². The van der Waals surface area contributed by atoms with Crippen LogP contribution in [-0.4, -0.2) is 20.2 Å². The number of aromatic nitrogens is 4. The number of nitriles is 1. The number of aryl methyl sites for hydroxylation is 1. The second-order valence-electron chi connectivity index (χ2n) is 4.54. The molecule has 108 valence electrons. The summed E-state index contributed by atoms with van der Waals surface area (Å²) < 4.78 is 15.2. The summed E-state index contributed by atoms with van der Waals surface area (Å²) in [4.78, 5) is 0.477. The molecule has 7 heteroatoms. The molecule has 0 amide bonds. The van der Waals surface area contributed by atoms with Crippen LogP contribution in [0.15, 0.2) is 52.5 Å². The van der Waals surface area contributed by atoms with Gasteiger partial charge in [0, 0.05) is 4.90 Å². The van der Waals surface area contributed by atoms with E-state index < -0.39 is 5.82 Å². The Morgan fingerprint density at radius 3 is 2.68 bits per heavy atom. The maximum atomic E-state index is 13.7. The van der Waals surface area contributed by atoms with Crippen molar-refractivity contribution in [3.63, 3.8) is 0 Å². The van der Waals surface area contributed by atoms with E-state index in [9.17, 15) is 4.39 Å². The summed E-state index contributed by atoms with van der Waals surface area (Å²) in [5, 5.41) is 21.1. The third-order valence-corrected chi connectivity index (χ3v) is 4.01. The Hall–Kier alpha value is -2.72. The lowest BCUT2D eigenvalue weighted by Crippen LogP contribution is -1.99. The Balaban J connectivity index is 1.99. The van der Waals surface area contributed by atoms with Gasteiger partial charge in [-0.25, -0.2) is 4.39 Å². The van der Waals surface area contributed by atoms with Crippen LogP contribution in [0.25, 0.3) is 5.69 Å². The Labute approximate surface area is 130 Å². The lowest BCUT2D eigenvalue weighted by Gasteiger charge is -2.06. The molecule has 0 unspecified atom stereocenters. The average molecular weight is 311 g/mol. The standard InChI is InChI=1S/C15H10FN5S/c1-10-5-7-11(8-6-10)21-15(18-19-20-21)22-14-4-2-3-13(16)12(14)9-17/h2-8H,1H3. The Morgan fingerprint density at radius 1 is 1.18 bits per heavy atom. The van der Waals surface area contributed by atoms with Gasteiger partial charge in [0.1, 0.15) is 17.4 Å². The molecule has 0 aliphatic heterocycles. The number of hydrogen-bond acceptors (Lipinski definition) is 5. The van der Waals surface area contributed by atoms with Crippen molar-refractivity contribution in [3.05, 3.63) is 59.4 Å². The Kier molecular flexibility index (Phi) is 3.85. The fraction of sp³-hybridized carbons (Fsp3) is 0.0667. The summed E-state index contributed by atoms with van der Waals surface area (Å²) in [6.45, 7) is 1.99. The molecule has 0 N–H and O–H groups in total. The molecule has 0 radical (unpaired) electrons. The van der Waals surface area contributed by atoms with Gasteiger partial charge in [0.2, 0.25) is 5.16 Å². The van der Waals surface area contributed by atoms with Crippen molar-refractivity contribution in [2.75, 3.05) is 0 Å². The monoisotopic (exact) mass is 311 g/mol. The summed E-state index contributed by atoms with van der Waals surface area (Å²) in [7, 11) is 0. The molecular weight excluding hydrogens is 301 g/mol. The van der Waals surface area contributed by atoms with Crippen LogP contribution in [0.4, 0.5) is 4.39 Å². The van der Waals surface area contributed by atoms with Gasteiger partial charge in [0.05, 0.1) is 5.69 Å². The number of nitrogens with zero attached hydrogens (tertiary/aromatic N) is 5. The van der Waals surface area contributed by atoms with Crippen molar-refractivity contribution in [3.8, 4) is 11.8 Å². The number of hydrogen-bond donors (Lipinski definition) is 0. The van der Waals surface area contributed by atoms with E-state index in [2.05, 4.69) is 15.5 Å². The molecule has 1 aromatic heterocycles. The maximum absolute atomic E-state index is 13.7. The lowest BCUT2D eigenvalue weighted by molar-refractivity contribution is 0.619. The molecule has 0 aliphatic carbocycles. The molecule has 0 atom stereocenters. The van der Waals surface area contributed by atoms with Crippen molar-refractivity contribution >= 4 is 11.8 Å². The molecule has 5 nitrogen and oxygen atoms in total. The van der Waals surface area contributed by atoms with E-state index in [0.29, 0.717) is 10.1 Å². The molecule has 22 heavy (non-hydrogen) atoms.